The van der Waals surface area contributed by atoms with Crippen LogP contribution >= 0.6 is 0 Å². The van der Waals surface area contributed by atoms with Gasteiger partial charge in [-0.05, 0) is 35.1 Å². The van der Waals surface area contributed by atoms with Crippen molar-refractivity contribution in [3.8, 4) is 11.1 Å². The quantitative estimate of drug-likeness (QED) is 0.264. The summed E-state index contributed by atoms with van der Waals surface area (Å²) in [5.74, 6) is -1.40. The predicted molar refractivity (Wildman–Crippen MR) is 109 cm³/mol. The summed E-state index contributed by atoms with van der Waals surface area (Å²) >= 11 is 0. The third-order valence-electron chi connectivity index (χ3n) is 4.92. The highest BCUT2D eigenvalue weighted by Crippen LogP contribution is 2.44. The lowest BCUT2D eigenvalue weighted by Gasteiger charge is -2.17. The molecule has 29 heavy (non-hydrogen) atoms. The van der Waals surface area contributed by atoms with Crippen molar-refractivity contribution in [2.24, 2.45) is 5.73 Å². The largest absolute Gasteiger partial charge is 0.480 e. The molecule has 0 spiro atoms. The molecular formula is C21H24N4O4. The smallest absolute Gasteiger partial charge is 0.407 e. The normalized spacial score (nSPS) is 13.1. The summed E-state index contributed by atoms with van der Waals surface area (Å²) in [6.07, 6.45) is -0.140. The first-order valence-corrected chi connectivity index (χ1v) is 9.39. The summed E-state index contributed by atoms with van der Waals surface area (Å²) in [7, 11) is 0. The van der Waals surface area contributed by atoms with Crippen molar-refractivity contribution >= 4 is 18.0 Å². The average molecular weight is 396 g/mol. The Morgan fingerprint density at radius 1 is 1.10 bits per heavy atom. The molecule has 1 aliphatic carbocycles. The Hall–Kier alpha value is -3.55. The molecule has 6 N–H and O–H groups in total. The van der Waals surface area contributed by atoms with Gasteiger partial charge in [-0.3, -0.25) is 5.41 Å². The first-order chi connectivity index (χ1) is 14.0. The first kappa shape index (κ1) is 20.2. The van der Waals surface area contributed by atoms with Gasteiger partial charge in [0.25, 0.3) is 0 Å². The summed E-state index contributed by atoms with van der Waals surface area (Å²) in [6.45, 7) is 0.476. The Labute approximate surface area is 168 Å². The molecule has 152 valence electrons. The summed E-state index contributed by atoms with van der Waals surface area (Å²) in [5, 5.41) is 21.4. The van der Waals surface area contributed by atoms with Crippen LogP contribution in [-0.2, 0) is 9.53 Å². The number of hydrogen-bond acceptors (Lipinski definition) is 4. The van der Waals surface area contributed by atoms with Crippen LogP contribution in [0, 0.1) is 5.41 Å². The van der Waals surface area contributed by atoms with Gasteiger partial charge in [0.15, 0.2) is 5.96 Å². The average Bonchev–Trinajstić information content (AvgIpc) is 3.02. The lowest BCUT2D eigenvalue weighted by molar-refractivity contribution is -0.139. The molecule has 0 radical (unpaired) electrons. The van der Waals surface area contributed by atoms with E-state index in [1.165, 1.54) is 0 Å². The fourth-order valence-electron chi connectivity index (χ4n) is 3.57. The van der Waals surface area contributed by atoms with Gasteiger partial charge in [0.05, 0.1) is 0 Å². The number of carbonyl (C=O) groups excluding carboxylic acids is 1. The lowest BCUT2D eigenvalue weighted by atomic mass is 9.98. The molecule has 0 saturated heterocycles. The van der Waals surface area contributed by atoms with Gasteiger partial charge in [-0.1, -0.05) is 48.5 Å². The van der Waals surface area contributed by atoms with Crippen LogP contribution in [0.2, 0.25) is 0 Å². The zero-order valence-electron chi connectivity index (χ0n) is 15.9. The van der Waals surface area contributed by atoms with Crippen LogP contribution in [-0.4, -0.2) is 42.3 Å². The minimum absolute atomic E-state index is 0.0869. The van der Waals surface area contributed by atoms with Crippen LogP contribution in [0.1, 0.15) is 29.9 Å². The predicted octanol–water partition coefficient (Wildman–Crippen LogP) is 2.24. The maximum absolute atomic E-state index is 12.2. The molecule has 8 heteroatoms. The minimum Gasteiger partial charge on any atom is -0.480 e. The molecule has 0 saturated carbocycles. The number of carbonyl (C=O) groups is 2. The molecule has 0 unspecified atom stereocenters. The van der Waals surface area contributed by atoms with Crippen LogP contribution in [0.5, 0.6) is 0 Å². The molecule has 0 aromatic heterocycles. The van der Waals surface area contributed by atoms with Crippen molar-refractivity contribution in [2.75, 3.05) is 13.2 Å². The molecular weight excluding hydrogens is 372 g/mol. The number of guanidine groups is 1. The number of nitrogens with two attached hydrogens (primary N) is 1. The van der Waals surface area contributed by atoms with Crippen LogP contribution < -0.4 is 16.4 Å². The maximum Gasteiger partial charge on any atom is 0.407 e. The lowest BCUT2D eigenvalue weighted by Crippen LogP contribution is -2.42. The number of carboxylic acids is 1. The number of amides is 1. The van der Waals surface area contributed by atoms with Gasteiger partial charge in [0.2, 0.25) is 0 Å². The highest BCUT2D eigenvalue weighted by Gasteiger charge is 2.29. The van der Waals surface area contributed by atoms with Crippen LogP contribution in [0.3, 0.4) is 0 Å². The third-order valence-corrected chi connectivity index (χ3v) is 4.92. The molecule has 2 aromatic rings. The van der Waals surface area contributed by atoms with E-state index < -0.39 is 18.1 Å². The van der Waals surface area contributed by atoms with Crippen molar-refractivity contribution in [3.63, 3.8) is 0 Å². The zero-order chi connectivity index (χ0) is 20.8. The van der Waals surface area contributed by atoms with Crippen LogP contribution in [0.25, 0.3) is 11.1 Å². The van der Waals surface area contributed by atoms with Gasteiger partial charge in [-0.2, -0.15) is 0 Å². The number of rotatable bonds is 8. The van der Waals surface area contributed by atoms with Gasteiger partial charge in [-0.15, -0.1) is 0 Å². The van der Waals surface area contributed by atoms with E-state index in [1.807, 2.05) is 48.5 Å². The topological polar surface area (TPSA) is 138 Å². The number of nitrogens with one attached hydrogen (secondary N) is 3. The molecule has 0 bridgehead atoms. The van der Waals surface area contributed by atoms with E-state index >= 15 is 0 Å². The summed E-state index contributed by atoms with van der Waals surface area (Å²) in [5.41, 5.74) is 9.61. The maximum atomic E-state index is 12.2. The Morgan fingerprint density at radius 2 is 1.69 bits per heavy atom. The van der Waals surface area contributed by atoms with E-state index in [4.69, 9.17) is 15.9 Å². The van der Waals surface area contributed by atoms with E-state index in [2.05, 4.69) is 10.6 Å². The summed E-state index contributed by atoms with van der Waals surface area (Å²) in [4.78, 5) is 23.6. The number of fused-ring (bicyclic) bond motifs is 3. The van der Waals surface area contributed by atoms with Crippen molar-refractivity contribution in [2.45, 2.75) is 24.8 Å². The second-order valence-corrected chi connectivity index (χ2v) is 6.84. The van der Waals surface area contributed by atoms with E-state index in [-0.39, 0.29) is 24.9 Å². The molecule has 0 fully saturated rings. The molecule has 1 atom stereocenters. The fourth-order valence-corrected chi connectivity index (χ4v) is 3.57. The summed E-state index contributed by atoms with van der Waals surface area (Å²) < 4.78 is 5.38. The van der Waals surface area contributed by atoms with E-state index in [9.17, 15) is 14.7 Å². The zero-order valence-corrected chi connectivity index (χ0v) is 15.9. The van der Waals surface area contributed by atoms with Crippen molar-refractivity contribution in [3.05, 3.63) is 59.7 Å². The third kappa shape index (κ3) is 4.84. The van der Waals surface area contributed by atoms with Gasteiger partial charge in [0.1, 0.15) is 12.6 Å². The molecule has 8 nitrogen and oxygen atoms in total. The molecule has 2 aromatic carbocycles. The summed E-state index contributed by atoms with van der Waals surface area (Å²) in [6, 6.07) is 14.9. The van der Waals surface area contributed by atoms with Gasteiger partial charge < -0.3 is 26.2 Å². The molecule has 0 aliphatic heterocycles. The van der Waals surface area contributed by atoms with Crippen LogP contribution in [0.15, 0.2) is 48.5 Å². The van der Waals surface area contributed by atoms with Crippen molar-refractivity contribution in [1.82, 2.24) is 10.6 Å². The number of carboxylic acid groups (broad SMARTS) is 1. The Bertz CT molecular complexity index is 870. The van der Waals surface area contributed by atoms with Crippen molar-refractivity contribution < 1.29 is 19.4 Å². The molecule has 3 rings (SSSR count). The van der Waals surface area contributed by atoms with E-state index in [0.717, 1.165) is 22.3 Å². The second kappa shape index (κ2) is 9.09. The standard InChI is InChI=1S/C21H24N4O4/c22-20(23)24-11-5-10-18(19(26)27)25-21(28)29-12-17-15-8-3-1-6-13(15)14-7-2-4-9-16(14)17/h1-4,6-9,17-18H,5,10-12H2,(H,25,28)(H,26,27)(H4,22,23,24)/t18-/m0/s1. The molecule has 0 heterocycles. The van der Waals surface area contributed by atoms with Crippen LogP contribution in [0.4, 0.5) is 4.79 Å². The molecule has 1 amide bonds. The Morgan fingerprint density at radius 3 is 2.24 bits per heavy atom. The Balaban J connectivity index is 1.58. The van der Waals surface area contributed by atoms with E-state index in [0.29, 0.717) is 13.0 Å². The Kier molecular flexibility index (Phi) is 6.33. The number of hydrogen-bond donors (Lipinski definition) is 5. The van der Waals surface area contributed by atoms with Gasteiger partial charge in [-0.25, -0.2) is 9.59 Å². The number of aliphatic carboxylic acids is 1. The van der Waals surface area contributed by atoms with Gasteiger partial charge >= 0.3 is 12.1 Å². The number of ether oxygens (including phenoxy) is 1. The second-order valence-electron chi connectivity index (χ2n) is 6.84. The number of alkyl carbamates (subject to hydrolysis) is 1. The highest BCUT2D eigenvalue weighted by atomic mass is 16.5. The fraction of sp³-hybridized carbons (Fsp3) is 0.286. The highest BCUT2D eigenvalue weighted by molar-refractivity contribution is 5.81. The van der Waals surface area contributed by atoms with E-state index in [1.54, 1.807) is 0 Å². The first-order valence-electron chi connectivity index (χ1n) is 9.39. The number of benzene rings is 2. The monoisotopic (exact) mass is 396 g/mol. The van der Waals surface area contributed by atoms with Crippen molar-refractivity contribution in [1.29, 1.82) is 5.41 Å². The SMILES string of the molecule is N=C(N)NCCC[C@H](NC(=O)OCC1c2ccccc2-c2ccccc21)C(=O)O. The minimum atomic E-state index is -1.14. The van der Waals surface area contributed by atoms with Gasteiger partial charge in [0, 0.05) is 12.5 Å². The molecule has 1 aliphatic rings.